The van der Waals surface area contributed by atoms with Gasteiger partial charge in [-0.05, 0) is 35.9 Å². The summed E-state index contributed by atoms with van der Waals surface area (Å²) in [4.78, 5) is 14.7. The summed E-state index contributed by atoms with van der Waals surface area (Å²) in [5.41, 5.74) is 2.19. The third-order valence-electron chi connectivity index (χ3n) is 3.56. The summed E-state index contributed by atoms with van der Waals surface area (Å²) in [5, 5.41) is 12.3. The Morgan fingerprint density at radius 2 is 1.96 bits per heavy atom. The molecule has 2 N–H and O–H groups in total. The molecule has 0 saturated heterocycles. The fraction of sp³-hybridized carbons (Fsp3) is 0.0588. The number of aromatic amines is 1. The van der Waals surface area contributed by atoms with Gasteiger partial charge < -0.3 is 10.3 Å². The van der Waals surface area contributed by atoms with Crippen molar-refractivity contribution in [3.63, 3.8) is 0 Å². The number of nitrogens with zero attached hydrogens (tertiary/aromatic N) is 1. The maximum Gasteiger partial charge on any atom is 0.267 e. The molecule has 3 aromatic rings. The van der Waals surface area contributed by atoms with Crippen LogP contribution in [0.15, 0.2) is 36.4 Å². The number of benzene rings is 2. The van der Waals surface area contributed by atoms with Crippen molar-refractivity contribution in [1.29, 1.82) is 5.26 Å². The Labute approximate surface area is 130 Å². The first-order chi connectivity index (χ1) is 11.0. The molecule has 4 nitrogen and oxygen atoms in total. The molecule has 1 heterocycles. The van der Waals surface area contributed by atoms with Gasteiger partial charge in [0, 0.05) is 18.0 Å². The van der Waals surface area contributed by atoms with Crippen molar-refractivity contribution in [2.75, 3.05) is 7.05 Å². The molecule has 2 aromatic carbocycles. The van der Waals surface area contributed by atoms with Gasteiger partial charge in [0.15, 0.2) is 11.6 Å². The zero-order valence-corrected chi connectivity index (χ0v) is 12.1. The molecule has 1 amide bonds. The largest absolute Gasteiger partial charge is 0.354 e. The number of aromatic nitrogens is 1. The maximum absolute atomic E-state index is 13.5. The number of nitriles is 1. The molecule has 0 spiro atoms. The number of amides is 1. The second kappa shape index (κ2) is 5.54. The van der Waals surface area contributed by atoms with Crippen molar-refractivity contribution in [2.45, 2.75) is 0 Å². The molecule has 3 rings (SSSR count). The van der Waals surface area contributed by atoms with Gasteiger partial charge in [-0.1, -0.05) is 6.07 Å². The summed E-state index contributed by atoms with van der Waals surface area (Å²) in [6.45, 7) is 0. The lowest BCUT2D eigenvalue weighted by molar-refractivity contribution is 0.0959. The number of halogens is 2. The van der Waals surface area contributed by atoms with E-state index in [1.165, 1.54) is 13.1 Å². The van der Waals surface area contributed by atoms with Crippen LogP contribution in [0.1, 0.15) is 16.1 Å². The van der Waals surface area contributed by atoms with E-state index in [0.717, 1.165) is 12.1 Å². The fourth-order valence-corrected chi connectivity index (χ4v) is 2.46. The molecule has 6 heteroatoms. The van der Waals surface area contributed by atoms with E-state index in [2.05, 4.69) is 10.3 Å². The van der Waals surface area contributed by atoms with E-state index in [4.69, 9.17) is 5.26 Å². The lowest BCUT2D eigenvalue weighted by atomic mass is 10.00. The predicted octanol–water partition coefficient (Wildman–Crippen LogP) is 3.34. The van der Waals surface area contributed by atoms with Crippen LogP contribution in [0.2, 0.25) is 0 Å². The van der Waals surface area contributed by atoms with Crippen LogP contribution in [0.25, 0.3) is 22.0 Å². The van der Waals surface area contributed by atoms with Crippen molar-refractivity contribution in [3.8, 4) is 17.2 Å². The first-order valence-electron chi connectivity index (χ1n) is 6.78. The number of carbonyl (C=O) groups is 1. The van der Waals surface area contributed by atoms with E-state index in [0.29, 0.717) is 33.3 Å². The van der Waals surface area contributed by atoms with Gasteiger partial charge in [0.05, 0.1) is 17.1 Å². The van der Waals surface area contributed by atoms with E-state index in [1.807, 2.05) is 6.07 Å². The fourth-order valence-electron chi connectivity index (χ4n) is 2.46. The monoisotopic (exact) mass is 311 g/mol. The highest BCUT2D eigenvalue weighted by atomic mass is 19.2. The van der Waals surface area contributed by atoms with Gasteiger partial charge in [-0.15, -0.1) is 0 Å². The molecule has 23 heavy (non-hydrogen) atoms. The molecule has 114 valence electrons. The third kappa shape index (κ3) is 2.53. The molecule has 0 aliphatic rings. The topological polar surface area (TPSA) is 68.7 Å². The zero-order valence-electron chi connectivity index (χ0n) is 12.1. The van der Waals surface area contributed by atoms with Crippen molar-refractivity contribution in [3.05, 3.63) is 59.3 Å². The number of hydrogen-bond donors (Lipinski definition) is 2. The van der Waals surface area contributed by atoms with Crippen molar-refractivity contribution >= 4 is 16.8 Å². The summed E-state index contributed by atoms with van der Waals surface area (Å²) >= 11 is 0. The minimum atomic E-state index is -0.976. The number of fused-ring (bicyclic) bond motifs is 1. The molecular formula is C17H11F2N3O. The summed E-state index contributed by atoms with van der Waals surface area (Å²) in [6.07, 6.45) is 0. The molecule has 0 radical (unpaired) electrons. The SMILES string of the molecule is CNC(=O)c1cc2cc(C#N)cc(-c3ccc(F)c(F)c3)c2[nH]1. The average Bonchev–Trinajstić information content (AvgIpc) is 2.99. The second-order valence-electron chi connectivity index (χ2n) is 4.99. The molecule has 0 fully saturated rings. The summed E-state index contributed by atoms with van der Waals surface area (Å²) < 4.78 is 26.7. The Balaban J connectivity index is 2.29. The number of rotatable bonds is 2. The zero-order chi connectivity index (χ0) is 16.6. The van der Waals surface area contributed by atoms with Crippen LogP contribution >= 0.6 is 0 Å². The van der Waals surface area contributed by atoms with Gasteiger partial charge in [-0.25, -0.2) is 8.78 Å². The number of nitrogens with one attached hydrogen (secondary N) is 2. The van der Waals surface area contributed by atoms with Crippen molar-refractivity contribution in [2.24, 2.45) is 0 Å². The quantitative estimate of drug-likeness (QED) is 0.762. The first kappa shape index (κ1) is 14.7. The van der Waals surface area contributed by atoms with Crippen LogP contribution in [-0.4, -0.2) is 17.9 Å². The molecule has 0 aliphatic heterocycles. The molecule has 0 saturated carbocycles. The Kier molecular flexibility index (Phi) is 3.54. The maximum atomic E-state index is 13.5. The van der Waals surface area contributed by atoms with Crippen LogP contribution in [0, 0.1) is 23.0 Å². The smallest absolute Gasteiger partial charge is 0.267 e. The van der Waals surface area contributed by atoms with Gasteiger partial charge in [0.2, 0.25) is 0 Å². The van der Waals surface area contributed by atoms with Crippen LogP contribution < -0.4 is 5.32 Å². The van der Waals surface area contributed by atoms with E-state index in [-0.39, 0.29) is 5.91 Å². The third-order valence-corrected chi connectivity index (χ3v) is 3.56. The Hall–Kier alpha value is -3.20. The lowest BCUT2D eigenvalue weighted by Crippen LogP contribution is -2.17. The molecular weight excluding hydrogens is 300 g/mol. The predicted molar refractivity (Wildman–Crippen MR) is 81.8 cm³/mol. The highest BCUT2D eigenvalue weighted by Gasteiger charge is 2.14. The van der Waals surface area contributed by atoms with Gasteiger partial charge >= 0.3 is 0 Å². The Morgan fingerprint density at radius 1 is 1.17 bits per heavy atom. The normalized spacial score (nSPS) is 10.5. The van der Waals surface area contributed by atoms with Crippen LogP contribution in [0.3, 0.4) is 0 Å². The summed E-state index contributed by atoms with van der Waals surface area (Å²) in [5.74, 6) is -2.23. The lowest BCUT2D eigenvalue weighted by Gasteiger charge is -2.05. The summed E-state index contributed by atoms with van der Waals surface area (Å²) in [7, 11) is 1.50. The van der Waals surface area contributed by atoms with Crippen LogP contribution in [-0.2, 0) is 0 Å². The average molecular weight is 311 g/mol. The van der Waals surface area contributed by atoms with Crippen LogP contribution in [0.5, 0.6) is 0 Å². The van der Waals surface area contributed by atoms with Crippen LogP contribution in [0.4, 0.5) is 8.78 Å². The molecule has 0 atom stereocenters. The molecule has 0 aliphatic carbocycles. The number of hydrogen-bond acceptors (Lipinski definition) is 2. The van der Waals surface area contributed by atoms with Crippen molar-refractivity contribution < 1.29 is 13.6 Å². The highest BCUT2D eigenvalue weighted by Crippen LogP contribution is 2.31. The van der Waals surface area contributed by atoms with E-state index in [1.54, 1.807) is 18.2 Å². The van der Waals surface area contributed by atoms with E-state index in [9.17, 15) is 13.6 Å². The minimum absolute atomic E-state index is 0.309. The van der Waals surface area contributed by atoms with E-state index < -0.39 is 11.6 Å². The number of carbonyl (C=O) groups excluding carboxylic acids is 1. The van der Waals surface area contributed by atoms with Crippen molar-refractivity contribution in [1.82, 2.24) is 10.3 Å². The standard InChI is InChI=1S/C17H11F2N3O/c1-21-17(23)15-7-11-4-9(8-20)5-12(16(11)22-15)10-2-3-13(18)14(19)6-10/h2-7,22H,1H3,(H,21,23). The molecule has 0 unspecified atom stereocenters. The van der Waals surface area contributed by atoms with Gasteiger partial charge in [-0.3, -0.25) is 4.79 Å². The second-order valence-corrected chi connectivity index (χ2v) is 4.99. The molecule has 1 aromatic heterocycles. The minimum Gasteiger partial charge on any atom is -0.354 e. The highest BCUT2D eigenvalue weighted by molar-refractivity contribution is 6.02. The van der Waals surface area contributed by atoms with Gasteiger partial charge in [0.25, 0.3) is 5.91 Å². The Bertz CT molecular complexity index is 970. The molecule has 0 bridgehead atoms. The van der Waals surface area contributed by atoms with Gasteiger partial charge in [0.1, 0.15) is 5.69 Å². The number of H-pyrrole nitrogens is 1. The Morgan fingerprint density at radius 3 is 2.61 bits per heavy atom. The van der Waals surface area contributed by atoms with E-state index >= 15 is 0 Å². The first-order valence-corrected chi connectivity index (χ1v) is 6.78. The van der Waals surface area contributed by atoms with Gasteiger partial charge in [-0.2, -0.15) is 5.26 Å². The summed E-state index contributed by atoms with van der Waals surface area (Å²) in [6, 6.07) is 10.3.